The van der Waals surface area contributed by atoms with Gasteiger partial charge >= 0.3 is 0 Å². The zero-order valence-corrected chi connectivity index (χ0v) is 11.0. The number of halogens is 1. The van der Waals surface area contributed by atoms with Crippen LogP contribution in [0.1, 0.15) is 12.5 Å². The molecule has 1 rings (SSSR count). The fourth-order valence-electron chi connectivity index (χ4n) is 1.43. The van der Waals surface area contributed by atoms with E-state index in [2.05, 4.69) is 64.4 Å². The summed E-state index contributed by atoms with van der Waals surface area (Å²) in [5, 5.41) is 3.32. The van der Waals surface area contributed by atoms with Crippen LogP contribution < -0.4 is 5.32 Å². The molecule has 2 nitrogen and oxygen atoms in total. The van der Waals surface area contributed by atoms with E-state index in [1.165, 1.54) is 5.56 Å². The third-order valence-electron chi connectivity index (χ3n) is 2.29. The summed E-state index contributed by atoms with van der Waals surface area (Å²) in [5.41, 5.74) is 1.36. The average molecular weight is 271 g/mol. The van der Waals surface area contributed by atoms with Crippen LogP contribution in [-0.2, 0) is 6.54 Å². The van der Waals surface area contributed by atoms with Gasteiger partial charge in [-0.2, -0.15) is 0 Å². The van der Waals surface area contributed by atoms with Crippen molar-refractivity contribution in [2.45, 2.75) is 13.5 Å². The summed E-state index contributed by atoms with van der Waals surface area (Å²) in [7, 11) is 2.15. The van der Waals surface area contributed by atoms with Gasteiger partial charge in [0, 0.05) is 24.1 Å². The molecule has 0 bridgehead atoms. The van der Waals surface area contributed by atoms with E-state index in [9.17, 15) is 0 Å². The second-order valence-electron chi connectivity index (χ2n) is 3.72. The van der Waals surface area contributed by atoms with Crippen molar-refractivity contribution < 1.29 is 0 Å². The fourth-order valence-corrected chi connectivity index (χ4v) is 1.69. The Balaban J connectivity index is 2.31. The topological polar surface area (TPSA) is 15.3 Å². The van der Waals surface area contributed by atoms with Crippen LogP contribution >= 0.6 is 15.9 Å². The van der Waals surface area contributed by atoms with Gasteiger partial charge in [0.05, 0.1) is 0 Å². The molecule has 0 amide bonds. The first-order valence-corrected chi connectivity index (χ1v) is 6.15. The zero-order valence-electron chi connectivity index (χ0n) is 9.46. The lowest BCUT2D eigenvalue weighted by Gasteiger charge is -2.16. The fraction of sp³-hybridized carbons (Fsp3) is 0.500. The molecule has 0 fully saturated rings. The van der Waals surface area contributed by atoms with Gasteiger partial charge in [0.2, 0.25) is 0 Å². The normalized spacial score (nSPS) is 10.9. The predicted molar refractivity (Wildman–Crippen MR) is 69.0 cm³/mol. The Hall–Kier alpha value is -0.380. The summed E-state index contributed by atoms with van der Waals surface area (Å²) in [6.07, 6.45) is 0. The number of benzene rings is 1. The molecule has 84 valence electrons. The van der Waals surface area contributed by atoms with Gasteiger partial charge in [-0.05, 0) is 31.3 Å². The van der Waals surface area contributed by atoms with E-state index in [0.717, 1.165) is 30.7 Å². The van der Waals surface area contributed by atoms with E-state index in [0.29, 0.717) is 0 Å². The van der Waals surface area contributed by atoms with Gasteiger partial charge < -0.3 is 10.2 Å². The monoisotopic (exact) mass is 270 g/mol. The standard InChI is InChI=1S/C12H19BrN2/c1-3-14-8-9-15(2)10-11-4-6-12(13)7-5-11/h4-7,14H,3,8-10H2,1-2H3. The van der Waals surface area contributed by atoms with Crippen molar-refractivity contribution in [2.75, 3.05) is 26.7 Å². The number of rotatable bonds is 6. The second kappa shape index (κ2) is 6.99. The first-order chi connectivity index (χ1) is 7.22. The SMILES string of the molecule is CCNCCN(C)Cc1ccc(Br)cc1. The third-order valence-corrected chi connectivity index (χ3v) is 2.81. The summed E-state index contributed by atoms with van der Waals surface area (Å²) in [5.74, 6) is 0. The van der Waals surface area contributed by atoms with Crippen molar-refractivity contribution in [1.29, 1.82) is 0 Å². The zero-order chi connectivity index (χ0) is 11.1. The minimum Gasteiger partial charge on any atom is -0.316 e. The lowest BCUT2D eigenvalue weighted by atomic mass is 10.2. The summed E-state index contributed by atoms with van der Waals surface area (Å²) in [6, 6.07) is 8.50. The second-order valence-corrected chi connectivity index (χ2v) is 4.63. The minimum atomic E-state index is 1.01. The van der Waals surface area contributed by atoms with Gasteiger partial charge in [-0.25, -0.2) is 0 Å². The molecule has 0 aliphatic heterocycles. The van der Waals surface area contributed by atoms with Crippen molar-refractivity contribution >= 4 is 15.9 Å². The minimum absolute atomic E-state index is 1.01. The van der Waals surface area contributed by atoms with Gasteiger partial charge in [-0.3, -0.25) is 0 Å². The summed E-state index contributed by atoms with van der Waals surface area (Å²) in [6.45, 7) is 6.34. The molecule has 1 aromatic carbocycles. The number of hydrogen-bond acceptors (Lipinski definition) is 2. The summed E-state index contributed by atoms with van der Waals surface area (Å²) in [4.78, 5) is 2.33. The van der Waals surface area contributed by atoms with Crippen molar-refractivity contribution in [3.8, 4) is 0 Å². The molecule has 15 heavy (non-hydrogen) atoms. The van der Waals surface area contributed by atoms with E-state index in [-0.39, 0.29) is 0 Å². The molecule has 1 aromatic rings. The van der Waals surface area contributed by atoms with Crippen LogP contribution in [0.3, 0.4) is 0 Å². The number of nitrogens with one attached hydrogen (secondary N) is 1. The lowest BCUT2D eigenvalue weighted by Crippen LogP contribution is -2.28. The highest BCUT2D eigenvalue weighted by Gasteiger charge is 1.99. The quantitative estimate of drug-likeness (QED) is 0.800. The molecule has 0 aliphatic rings. The van der Waals surface area contributed by atoms with Crippen LogP contribution in [0.25, 0.3) is 0 Å². The molecule has 0 unspecified atom stereocenters. The largest absolute Gasteiger partial charge is 0.316 e. The molecule has 0 atom stereocenters. The molecule has 0 radical (unpaired) electrons. The molecular weight excluding hydrogens is 252 g/mol. The Morgan fingerprint density at radius 1 is 1.27 bits per heavy atom. The lowest BCUT2D eigenvalue weighted by molar-refractivity contribution is 0.325. The summed E-state index contributed by atoms with van der Waals surface area (Å²) >= 11 is 3.44. The van der Waals surface area contributed by atoms with E-state index in [1.807, 2.05) is 0 Å². The van der Waals surface area contributed by atoms with Crippen LogP contribution in [0.2, 0.25) is 0 Å². The van der Waals surface area contributed by atoms with Crippen molar-refractivity contribution in [2.24, 2.45) is 0 Å². The Morgan fingerprint density at radius 2 is 1.93 bits per heavy atom. The first kappa shape index (κ1) is 12.7. The highest BCUT2D eigenvalue weighted by molar-refractivity contribution is 9.10. The van der Waals surface area contributed by atoms with Gasteiger partial charge in [-0.1, -0.05) is 35.0 Å². The molecule has 0 aromatic heterocycles. The molecule has 0 saturated heterocycles. The highest BCUT2D eigenvalue weighted by Crippen LogP contribution is 2.11. The van der Waals surface area contributed by atoms with E-state index in [4.69, 9.17) is 0 Å². The Kier molecular flexibility index (Phi) is 5.91. The van der Waals surface area contributed by atoms with E-state index < -0.39 is 0 Å². The maximum Gasteiger partial charge on any atom is 0.0231 e. The molecule has 0 spiro atoms. The van der Waals surface area contributed by atoms with Crippen LogP contribution in [0.15, 0.2) is 28.7 Å². The van der Waals surface area contributed by atoms with Crippen molar-refractivity contribution in [3.63, 3.8) is 0 Å². The van der Waals surface area contributed by atoms with Crippen LogP contribution in [0.5, 0.6) is 0 Å². The van der Waals surface area contributed by atoms with Gasteiger partial charge in [0.25, 0.3) is 0 Å². The molecule has 0 aliphatic carbocycles. The van der Waals surface area contributed by atoms with Crippen molar-refractivity contribution in [1.82, 2.24) is 10.2 Å². The molecule has 0 saturated carbocycles. The van der Waals surface area contributed by atoms with Gasteiger partial charge in [0.1, 0.15) is 0 Å². The van der Waals surface area contributed by atoms with E-state index >= 15 is 0 Å². The number of likely N-dealkylation sites (N-methyl/N-ethyl adjacent to an activating group) is 2. The molecular formula is C12H19BrN2. The maximum absolute atomic E-state index is 3.44. The van der Waals surface area contributed by atoms with Crippen molar-refractivity contribution in [3.05, 3.63) is 34.3 Å². The molecule has 3 heteroatoms. The van der Waals surface area contributed by atoms with Crippen LogP contribution in [0, 0.1) is 0 Å². The number of hydrogen-bond donors (Lipinski definition) is 1. The molecule has 0 heterocycles. The maximum atomic E-state index is 3.44. The van der Waals surface area contributed by atoms with Crippen LogP contribution in [0.4, 0.5) is 0 Å². The smallest absolute Gasteiger partial charge is 0.0231 e. The number of nitrogens with zero attached hydrogens (tertiary/aromatic N) is 1. The third kappa shape index (κ3) is 5.30. The first-order valence-electron chi connectivity index (χ1n) is 5.36. The van der Waals surface area contributed by atoms with Gasteiger partial charge in [0.15, 0.2) is 0 Å². The Bertz CT molecular complexity index is 271. The predicted octanol–water partition coefficient (Wildman–Crippen LogP) is 2.49. The molecule has 1 N–H and O–H groups in total. The van der Waals surface area contributed by atoms with Gasteiger partial charge in [-0.15, -0.1) is 0 Å². The summed E-state index contributed by atoms with van der Waals surface area (Å²) < 4.78 is 1.14. The van der Waals surface area contributed by atoms with Crippen LogP contribution in [-0.4, -0.2) is 31.6 Å². The Morgan fingerprint density at radius 3 is 2.53 bits per heavy atom. The highest BCUT2D eigenvalue weighted by atomic mass is 79.9. The Labute approximate surface area is 101 Å². The van der Waals surface area contributed by atoms with E-state index in [1.54, 1.807) is 0 Å². The average Bonchev–Trinajstić information content (AvgIpc) is 2.22.